The van der Waals surface area contributed by atoms with Crippen molar-refractivity contribution in [1.29, 1.82) is 0 Å². The third-order valence-corrected chi connectivity index (χ3v) is 3.62. The first-order valence-corrected chi connectivity index (χ1v) is 7.40. The molecule has 0 unspecified atom stereocenters. The van der Waals surface area contributed by atoms with Crippen LogP contribution in [0.3, 0.4) is 0 Å². The van der Waals surface area contributed by atoms with Gasteiger partial charge >= 0.3 is 0 Å². The molecule has 3 heteroatoms. The van der Waals surface area contributed by atoms with E-state index in [-0.39, 0.29) is 0 Å². The van der Waals surface area contributed by atoms with E-state index in [1.807, 2.05) is 6.92 Å². The fourth-order valence-electron chi connectivity index (χ4n) is 2.27. The molecule has 0 atom stereocenters. The molecule has 1 aromatic heterocycles. The van der Waals surface area contributed by atoms with Gasteiger partial charge in [0.1, 0.15) is 6.10 Å². The van der Waals surface area contributed by atoms with E-state index in [0.717, 1.165) is 24.7 Å². The van der Waals surface area contributed by atoms with Crippen molar-refractivity contribution in [2.24, 2.45) is 5.92 Å². The molecule has 0 bridgehead atoms. The molecular formula is C16H26N2O. The van der Waals surface area contributed by atoms with Crippen molar-refractivity contribution in [3.63, 3.8) is 0 Å². The lowest BCUT2D eigenvalue weighted by molar-refractivity contribution is 0.113. The summed E-state index contributed by atoms with van der Waals surface area (Å²) in [6.45, 7) is 10.5. The zero-order chi connectivity index (χ0) is 13.8. The van der Waals surface area contributed by atoms with E-state index in [0.29, 0.717) is 12.0 Å². The molecular weight excluding hydrogens is 236 g/mol. The van der Waals surface area contributed by atoms with E-state index in [2.05, 4.69) is 37.1 Å². The van der Waals surface area contributed by atoms with Crippen molar-refractivity contribution in [3.8, 4) is 5.88 Å². The van der Waals surface area contributed by atoms with E-state index in [4.69, 9.17) is 4.74 Å². The van der Waals surface area contributed by atoms with Gasteiger partial charge in [-0.1, -0.05) is 13.8 Å². The Balaban J connectivity index is 2.08. The summed E-state index contributed by atoms with van der Waals surface area (Å²) in [5.74, 6) is 1.51. The Bertz CT molecular complexity index is 425. The molecule has 106 valence electrons. The molecule has 1 saturated carbocycles. The van der Waals surface area contributed by atoms with Gasteiger partial charge < -0.3 is 10.1 Å². The number of ether oxygens (including phenoxy) is 1. The lowest BCUT2D eigenvalue weighted by atomic mass is 9.96. The summed E-state index contributed by atoms with van der Waals surface area (Å²) in [6, 6.07) is 2.14. The van der Waals surface area contributed by atoms with E-state index >= 15 is 0 Å². The standard InChI is InChI=1S/C16H26N2O/c1-11(2)9-17-10-15-12(3)8-13(4)18-16(15)19-14-6-5-7-14/h8,11,14,17H,5-7,9-10H2,1-4H3. The molecule has 1 aliphatic rings. The zero-order valence-electron chi connectivity index (χ0n) is 12.6. The summed E-state index contributed by atoms with van der Waals surface area (Å²) < 4.78 is 6.05. The van der Waals surface area contributed by atoms with E-state index in [9.17, 15) is 0 Å². The lowest BCUT2D eigenvalue weighted by Gasteiger charge is -2.27. The van der Waals surface area contributed by atoms with Crippen molar-refractivity contribution >= 4 is 0 Å². The highest BCUT2D eigenvalue weighted by Gasteiger charge is 2.21. The third-order valence-electron chi connectivity index (χ3n) is 3.62. The topological polar surface area (TPSA) is 34.1 Å². The SMILES string of the molecule is Cc1cc(C)c(CNCC(C)C)c(OC2CCC2)n1. The van der Waals surface area contributed by atoms with Crippen LogP contribution in [0.2, 0.25) is 0 Å². The molecule has 1 N–H and O–H groups in total. The first-order valence-electron chi connectivity index (χ1n) is 7.40. The highest BCUT2D eigenvalue weighted by atomic mass is 16.5. The first-order chi connectivity index (χ1) is 9.06. The highest BCUT2D eigenvalue weighted by molar-refractivity contribution is 5.36. The summed E-state index contributed by atoms with van der Waals surface area (Å²) in [5.41, 5.74) is 3.54. The van der Waals surface area contributed by atoms with Crippen molar-refractivity contribution < 1.29 is 4.74 Å². The van der Waals surface area contributed by atoms with Crippen molar-refractivity contribution in [2.75, 3.05) is 6.54 Å². The fourth-order valence-corrected chi connectivity index (χ4v) is 2.27. The normalized spacial score (nSPS) is 15.6. The maximum atomic E-state index is 6.05. The van der Waals surface area contributed by atoms with Gasteiger partial charge in [0.25, 0.3) is 0 Å². The van der Waals surface area contributed by atoms with E-state index in [1.54, 1.807) is 0 Å². The van der Waals surface area contributed by atoms with Gasteiger partial charge in [-0.05, 0) is 57.2 Å². The van der Waals surface area contributed by atoms with Crippen LogP contribution in [0.1, 0.15) is 49.9 Å². The minimum atomic E-state index is 0.387. The molecule has 1 heterocycles. The molecule has 0 aromatic carbocycles. The van der Waals surface area contributed by atoms with E-state index < -0.39 is 0 Å². The molecule has 3 nitrogen and oxygen atoms in total. The molecule has 0 spiro atoms. The van der Waals surface area contributed by atoms with Gasteiger partial charge in [0.15, 0.2) is 0 Å². The van der Waals surface area contributed by atoms with Gasteiger partial charge in [-0.3, -0.25) is 0 Å². The quantitative estimate of drug-likeness (QED) is 0.853. The summed E-state index contributed by atoms with van der Waals surface area (Å²) in [5, 5.41) is 3.49. The molecule has 1 aliphatic carbocycles. The van der Waals surface area contributed by atoms with Crippen LogP contribution in [0.5, 0.6) is 5.88 Å². The second-order valence-corrected chi connectivity index (χ2v) is 6.06. The van der Waals surface area contributed by atoms with Crippen molar-refractivity contribution in [3.05, 3.63) is 22.9 Å². The van der Waals surface area contributed by atoms with Crippen LogP contribution >= 0.6 is 0 Å². The van der Waals surface area contributed by atoms with Crippen LogP contribution in [-0.4, -0.2) is 17.6 Å². The molecule has 2 rings (SSSR count). The Morgan fingerprint density at radius 2 is 2.11 bits per heavy atom. The summed E-state index contributed by atoms with van der Waals surface area (Å²) >= 11 is 0. The minimum absolute atomic E-state index is 0.387. The Kier molecular flexibility index (Phi) is 4.81. The summed E-state index contributed by atoms with van der Waals surface area (Å²) in [7, 11) is 0. The number of hydrogen-bond donors (Lipinski definition) is 1. The number of rotatable bonds is 6. The van der Waals surface area contributed by atoms with Gasteiger partial charge in [0.05, 0.1) is 0 Å². The zero-order valence-corrected chi connectivity index (χ0v) is 12.6. The monoisotopic (exact) mass is 262 g/mol. The predicted molar refractivity (Wildman–Crippen MR) is 78.5 cm³/mol. The number of aryl methyl sites for hydroxylation is 2. The Morgan fingerprint density at radius 3 is 2.68 bits per heavy atom. The number of hydrogen-bond acceptors (Lipinski definition) is 3. The van der Waals surface area contributed by atoms with Gasteiger partial charge in [-0.2, -0.15) is 0 Å². The summed E-state index contributed by atoms with van der Waals surface area (Å²) in [6.07, 6.45) is 4.02. The average molecular weight is 262 g/mol. The minimum Gasteiger partial charge on any atom is -0.474 e. The highest BCUT2D eigenvalue weighted by Crippen LogP contribution is 2.28. The van der Waals surface area contributed by atoms with Crippen LogP contribution in [-0.2, 0) is 6.54 Å². The average Bonchev–Trinajstić information content (AvgIpc) is 2.26. The van der Waals surface area contributed by atoms with E-state index in [1.165, 1.54) is 30.4 Å². The van der Waals surface area contributed by atoms with Crippen LogP contribution in [0.25, 0.3) is 0 Å². The van der Waals surface area contributed by atoms with Gasteiger partial charge in [0.2, 0.25) is 5.88 Å². The molecule has 19 heavy (non-hydrogen) atoms. The first kappa shape index (κ1) is 14.3. The number of pyridine rings is 1. The second kappa shape index (κ2) is 6.38. The third kappa shape index (κ3) is 3.93. The van der Waals surface area contributed by atoms with Crippen molar-refractivity contribution in [2.45, 2.75) is 59.6 Å². The molecule has 0 saturated heterocycles. The Hall–Kier alpha value is -1.09. The maximum absolute atomic E-state index is 6.05. The number of nitrogens with one attached hydrogen (secondary N) is 1. The van der Waals surface area contributed by atoms with Crippen LogP contribution in [0, 0.1) is 19.8 Å². The molecule has 1 aromatic rings. The lowest BCUT2D eigenvalue weighted by Crippen LogP contribution is -2.27. The smallest absolute Gasteiger partial charge is 0.218 e. The fraction of sp³-hybridized carbons (Fsp3) is 0.688. The molecule has 0 amide bonds. The Labute approximate surface area is 116 Å². The second-order valence-electron chi connectivity index (χ2n) is 6.06. The number of aromatic nitrogens is 1. The van der Waals surface area contributed by atoms with Gasteiger partial charge in [-0.25, -0.2) is 4.98 Å². The van der Waals surface area contributed by atoms with Crippen molar-refractivity contribution in [1.82, 2.24) is 10.3 Å². The Morgan fingerprint density at radius 1 is 1.37 bits per heavy atom. The van der Waals surface area contributed by atoms with Gasteiger partial charge in [0, 0.05) is 17.8 Å². The number of nitrogens with zero attached hydrogens (tertiary/aromatic N) is 1. The van der Waals surface area contributed by atoms with Gasteiger partial charge in [-0.15, -0.1) is 0 Å². The maximum Gasteiger partial charge on any atom is 0.218 e. The van der Waals surface area contributed by atoms with Crippen LogP contribution in [0.4, 0.5) is 0 Å². The summed E-state index contributed by atoms with van der Waals surface area (Å²) in [4.78, 5) is 4.59. The molecule has 0 aliphatic heterocycles. The largest absolute Gasteiger partial charge is 0.474 e. The van der Waals surface area contributed by atoms with Crippen LogP contribution < -0.4 is 10.1 Å². The molecule has 1 fully saturated rings. The molecule has 0 radical (unpaired) electrons. The van der Waals surface area contributed by atoms with Crippen LogP contribution in [0.15, 0.2) is 6.07 Å². The predicted octanol–water partition coefficient (Wildman–Crippen LogP) is 3.38.